The molecule has 1 N–H and O–H groups in total. The Morgan fingerprint density at radius 2 is 2.07 bits per heavy atom. The average Bonchev–Trinajstić information content (AvgIpc) is 3.28. The predicted molar refractivity (Wildman–Crippen MR) is 120 cm³/mol. The Hall–Kier alpha value is -2.08. The standard InChI is InChI=1S/C23H32ClN5O/c1-16(2)12-29-15-25-27-21(29)18-13-28(14-23(18)9-5-4-6-10-23)22(30)26-20-8-7-17(3)11-19(20)24/h7-8,11,15-16,18H,4-6,9-10,12-14H2,1-3H3,(H,26,30). The number of carbonyl (C=O) groups is 1. The molecule has 2 amide bonds. The van der Waals surface area contributed by atoms with Crippen LogP contribution in [0.25, 0.3) is 0 Å². The van der Waals surface area contributed by atoms with Crippen molar-refractivity contribution in [2.75, 3.05) is 18.4 Å². The molecule has 1 aromatic carbocycles. The summed E-state index contributed by atoms with van der Waals surface area (Å²) in [7, 11) is 0. The summed E-state index contributed by atoms with van der Waals surface area (Å²) >= 11 is 6.35. The fraction of sp³-hybridized carbons (Fsp3) is 0.609. The summed E-state index contributed by atoms with van der Waals surface area (Å²) in [5.74, 6) is 1.78. The van der Waals surface area contributed by atoms with Crippen molar-refractivity contribution in [3.05, 3.63) is 40.9 Å². The third-order valence-electron chi connectivity index (χ3n) is 6.67. The summed E-state index contributed by atoms with van der Waals surface area (Å²) in [6, 6.07) is 5.63. The highest BCUT2D eigenvalue weighted by molar-refractivity contribution is 6.33. The van der Waals surface area contributed by atoms with Gasteiger partial charge in [-0.05, 0) is 48.8 Å². The Labute approximate surface area is 184 Å². The van der Waals surface area contributed by atoms with Crippen LogP contribution in [0, 0.1) is 18.3 Å². The van der Waals surface area contributed by atoms with E-state index in [1.165, 1.54) is 19.3 Å². The first-order valence-corrected chi connectivity index (χ1v) is 11.5. The number of nitrogens with one attached hydrogen (secondary N) is 1. The van der Waals surface area contributed by atoms with Gasteiger partial charge < -0.3 is 14.8 Å². The lowest BCUT2D eigenvalue weighted by Crippen LogP contribution is -2.36. The fourth-order valence-corrected chi connectivity index (χ4v) is 5.51. The van der Waals surface area contributed by atoms with Gasteiger partial charge in [-0.2, -0.15) is 0 Å². The van der Waals surface area contributed by atoms with Gasteiger partial charge in [-0.15, -0.1) is 10.2 Å². The number of amides is 2. The molecule has 1 unspecified atom stereocenters. The zero-order valence-electron chi connectivity index (χ0n) is 18.2. The normalized spacial score (nSPS) is 20.8. The molecule has 1 saturated carbocycles. The van der Waals surface area contributed by atoms with Crippen LogP contribution in [-0.4, -0.2) is 38.8 Å². The number of likely N-dealkylation sites (tertiary alicyclic amines) is 1. The lowest BCUT2D eigenvalue weighted by molar-refractivity contribution is 0.167. The maximum Gasteiger partial charge on any atom is 0.321 e. The zero-order chi connectivity index (χ0) is 21.3. The number of halogens is 1. The van der Waals surface area contributed by atoms with Gasteiger partial charge in [0, 0.05) is 25.6 Å². The summed E-state index contributed by atoms with van der Waals surface area (Å²) in [4.78, 5) is 15.1. The van der Waals surface area contributed by atoms with E-state index < -0.39 is 0 Å². The molecule has 6 nitrogen and oxygen atoms in total. The van der Waals surface area contributed by atoms with E-state index in [0.29, 0.717) is 23.2 Å². The first-order chi connectivity index (χ1) is 14.4. The molecule has 2 fully saturated rings. The van der Waals surface area contributed by atoms with Crippen LogP contribution < -0.4 is 5.32 Å². The largest absolute Gasteiger partial charge is 0.323 e. The third-order valence-corrected chi connectivity index (χ3v) is 6.98. The number of aryl methyl sites for hydroxylation is 1. The molecular formula is C23H32ClN5O. The molecule has 1 saturated heterocycles. The van der Waals surface area contributed by atoms with E-state index in [1.807, 2.05) is 36.4 Å². The fourth-order valence-electron chi connectivity index (χ4n) is 5.23. The number of rotatable bonds is 4. The molecule has 1 spiro atoms. The third kappa shape index (κ3) is 4.20. The molecule has 0 bridgehead atoms. The quantitative estimate of drug-likeness (QED) is 0.700. The number of hydrogen-bond donors (Lipinski definition) is 1. The van der Waals surface area contributed by atoms with Crippen LogP contribution in [0.5, 0.6) is 0 Å². The van der Waals surface area contributed by atoms with Crippen LogP contribution in [0.4, 0.5) is 10.5 Å². The summed E-state index contributed by atoms with van der Waals surface area (Å²) in [5.41, 5.74) is 1.83. The smallest absolute Gasteiger partial charge is 0.321 e. The molecule has 2 aliphatic rings. The van der Waals surface area contributed by atoms with E-state index in [1.54, 1.807) is 0 Å². The number of benzene rings is 1. The number of hydrogen-bond acceptors (Lipinski definition) is 3. The highest BCUT2D eigenvalue weighted by Crippen LogP contribution is 2.51. The topological polar surface area (TPSA) is 63.1 Å². The number of aromatic nitrogens is 3. The van der Waals surface area contributed by atoms with Crippen molar-refractivity contribution in [3.63, 3.8) is 0 Å². The molecular weight excluding hydrogens is 398 g/mol. The van der Waals surface area contributed by atoms with E-state index in [-0.39, 0.29) is 17.4 Å². The van der Waals surface area contributed by atoms with Crippen molar-refractivity contribution < 1.29 is 4.79 Å². The van der Waals surface area contributed by atoms with Crippen LogP contribution in [0.3, 0.4) is 0 Å². The molecule has 7 heteroatoms. The van der Waals surface area contributed by atoms with Crippen LogP contribution in [0.2, 0.25) is 5.02 Å². The summed E-state index contributed by atoms with van der Waals surface area (Å²) in [6.07, 6.45) is 7.84. The Morgan fingerprint density at radius 1 is 1.30 bits per heavy atom. The lowest BCUT2D eigenvalue weighted by atomic mass is 9.67. The molecule has 162 valence electrons. The van der Waals surface area contributed by atoms with Crippen LogP contribution >= 0.6 is 11.6 Å². The first-order valence-electron chi connectivity index (χ1n) is 11.1. The first kappa shape index (κ1) is 21.2. The van der Waals surface area contributed by atoms with Crippen molar-refractivity contribution in [1.82, 2.24) is 19.7 Å². The predicted octanol–water partition coefficient (Wildman–Crippen LogP) is 5.48. The highest BCUT2D eigenvalue weighted by Gasteiger charge is 2.50. The molecule has 1 aliphatic carbocycles. The van der Waals surface area contributed by atoms with Gasteiger partial charge in [0.1, 0.15) is 12.2 Å². The van der Waals surface area contributed by atoms with E-state index in [9.17, 15) is 4.79 Å². The van der Waals surface area contributed by atoms with Gasteiger partial charge in [-0.1, -0.05) is 50.8 Å². The number of nitrogens with zero attached hydrogens (tertiary/aromatic N) is 4. The molecule has 2 heterocycles. The zero-order valence-corrected chi connectivity index (χ0v) is 19.0. The van der Waals surface area contributed by atoms with Gasteiger partial charge in [-0.3, -0.25) is 0 Å². The van der Waals surface area contributed by atoms with Crippen LogP contribution in [0.15, 0.2) is 24.5 Å². The van der Waals surface area contributed by atoms with Crippen molar-refractivity contribution in [2.24, 2.45) is 11.3 Å². The SMILES string of the molecule is Cc1ccc(NC(=O)N2CC(c3nncn3CC(C)C)C3(CCCCC3)C2)c(Cl)c1. The number of anilines is 1. The number of urea groups is 1. The molecule has 30 heavy (non-hydrogen) atoms. The van der Waals surface area contributed by atoms with Gasteiger partial charge in [0.05, 0.1) is 10.7 Å². The second kappa shape index (κ2) is 8.58. The molecule has 1 atom stereocenters. The summed E-state index contributed by atoms with van der Waals surface area (Å²) in [6.45, 7) is 8.75. The Bertz CT molecular complexity index is 903. The van der Waals surface area contributed by atoms with Crippen molar-refractivity contribution in [1.29, 1.82) is 0 Å². The second-order valence-electron chi connectivity index (χ2n) is 9.50. The molecule has 4 rings (SSSR count). The van der Waals surface area contributed by atoms with Crippen molar-refractivity contribution in [3.8, 4) is 0 Å². The Morgan fingerprint density at radius 3 is 2.77 bits per heavy atom. The molecule has 1 aliphatic heterocycles. The highest BCUT2D eigenvalue weighted by atomic mass is 35.5. The van der Waals surface area contributed by atoms with E-state index in [4.69, 9.17) is 11.6 Å². The minimum atomic E-state index is -0.0804. The van der Waals surface area contributed by atoms with E-state index >= 15 is 0 Å². The van der Waals surface area contributed by atoms with Gasteiger partial charge in [0.15, 0.2) is 0 Å². The Balaban J connectivity index is 1.58. The van der Waals surface area contributed by atoms with Crippen molar-refractivity contribution in [2.45, 2.75) is 65.3 Å². The van der Waals surface area contributed by atoms with Gasteiger partial charge in [0.2, 0.25) is 0 Å². The summed E-state index contributed by atoms with van der Waals surface area (Å²) in [5, 5.41) is 12.4. The lowest BCUT2D eigenvalue weighted by Gasteiger charge is -2.37. The maximum atomic E-state index is 13.2. The van der Waals surface area contributed by atoms with E-state index in [2.05, 4.69) is 33.9 Å². The second-order valence-corrected chi connectivity index (χ2v) is 9.91. The van der Waals surface area contributed by atoms with Gasteiger partial charge >= 0.3 is 6.03 Å². The van der Waals surface area contributed by atoms with Gasteiger partial charge in [0.25, 0.3) is 0 Å². The van der Waals surface area contributed by atoms with Crippen LogP contribution in [0.1, 0.15) is 63.3 Å². The van der Waals surface area contributed by atoms with Crippen LogP contribution in [-0.2, 0) is 6.54 Å². The van der Waals surface area contributed by atoms with E-state index in [0.717, 1.165) is 37.3 Å². The minimum absolute atomic E-state index is 0.0804. The van der Waals surface area contributed by atoms with Crippen molar-refractivity contribution >= 4 is 23.3 Å². The monoisotopic (exact) mass is 429 g/mol. The van der Waals surface area contributed by atoms with Gasteiger partial charge in [-0.25, -0.2) is 4.79 Å². The Kier molecular flexibility index (Phi) is 6.05. The molecule has 2 aromatic rings. The molecule has 1 aromatic heterocycles. The maximum absolute atomic E-state index is 13.2. The summed E-state index contributed by atoms with van der Waals surface area (Å²) < 4.78 is 2.20. The number of carbonyl (C=O) groups excluding carboxylic acids is 1. The molecule has 0 radical (unpaired) electrons. The average molecular weight is 430 g/mol. The minimum Gasteiger partial charge on any atom is -0.323 e.